The molecule has 0 amide bonds. The minimum absolute atomic E-state index is 1.34. The van der Waals surface area contributed by atoms with Crippen LogP contribution in [-0.2, 0) is 0 Å². The zero-order chi connectivity index (χ0) is 35.6. The molecule has 2 heteroatoms. The average Bonchev–Trinajstić information content (AvgIpc) is 3.44. The number of hydrogen-bond acceptors (Lipinski definition) is 0. The molecule has 2 heterocycles. The Kier molecular flexibility index (Phi) is 7.33. The van der Waals surface area contributed by atoms with Gasteiger partial charge < -0.3 is 0 Å². The van der Waals surface area contributed by atoms with E-state index in [0.717, 1.165) is 0 Å². The molecule has 0 spiro atoms. The molecule has 250 valence electrons. The Balaban J connectivity index is 1.60. The van der Waals surface area contributed by atoms with E-state index < -0.39 is 15.2 Å². The highest BCUT2D eigenvalue weighted by Crippen LogP contribution is 2.46. The predicted molar refractivity (Wildman–Crippen MR) is 224 cm³/mol. The quantitative estimate of drug-likeness (QED) is 0.163. The van der Waals surface area contributed by atoms with Crippen LogP contribution in [0.2, 0.25) is 13.1 Å². The molecule has 0 aromatic heterocycles. The van der Waals surface area contributed by atoms with Crippen molar-refractivity contribution in [2.24, 2.45) is 0 Å². The summed E-state index contributed by atoms with van der Waals surface area (Å²) in [7, 11) is -5.18. The molecule has 50 heavy (non-hydrogen) atoms. The van der Waals surface area contributed by atoms with Crippen molar-refractivity contribution in [3.05, 3.63) is 141 Å². The summed E-state index contributed by atoms with van der Waals surface area (Å²) in [5.41, 5.74) is 25.6. The van der Waals surface area contributed by atoms with E-state index in [0.29, 0.717) is 0 Å². The van der Waals surface area contributed by atoms with Crippen LogP contribution in [-0.4, -0.2) is 15.2 Å². The van der Waals surface area contributed by atoms with Crippen LogP contribution in [0.25, 0.3) is 44.5 Å². The van der Waals surface area contributed by atoms with Gasteiger partial charge in [0.05, 0.1) is 0 Å². The zero-order valence-corrected chi connectivity index (χ0v) is 34.1. The van der Waals surface area contributed by atoms with Gasteiger partial charge >= 0.3 is 0 Å². The molecule has 2 atom stereocenters. The smallest absolute Gasteiger partial charge is 0.0627 e. The standard InChI is InChI=1S/C48H50Si2/c1-27-19-31(5)43(32(6)20-27)37-15-13-17-39-45-35(9)23-29(3)25-41(45)49(11,47(37)39)50(12)42-26-30(4)24-36(10)46(42)40-18-14-16-38(48(40)50)44-33(7)21-28(2)22-34(44)8/h13-26H,1-12H3. The molecule has 0 saturated carbocycles. The minimum Gasteiger partial charge on any atom is -0.0627 e. The lowest BCUT2D eigenvalue weighted by Gasteiger charge is -2.43. The molecule has 2 aliphatic rings. The molecule has 0 N–H and O–H groups in total. The number of fused-ring (bicyclic) bond motifs is 6. The van der Waals surface area contributed by atoms with Crippen molar-refractivity contribution in [3.63, 3.8) is 0 Å². The Labute approximate surface area is 302 Å². The molecule has 8 rings (SSSR count). The van der Waals surface area contributed by atoms with Crippen LogP contribution in [0.5, 0.6) is 0 Å². The molecule has 0 radical (unpaired) electrons. The first-order valence-electron chi connectivity index (χ1n) is 18.4. The maximum absolute atomic E-state index is 2.80. The molecule has 0 fully saturated rings. The lowest BCUT2D eigenvalue weighted by atomic mass is 9.91. The number of benzene rings is 6. The van der Waals surface area contributed by atoms with Gasteiger partial charge in [-0.2, -0.15) is 0 Å². The van der Waals surface area contributed by atoms with Gasteiger partial charge in [0.2, 0.25) is 0 Å². The van der Waals surface area contributed by atoms with Crippen molar-refractivity contribution >= 4 is 35.9 Å². The first kappa shape index (κ1) is 32.9. The van der Waals surface area contributed by atoms with Crippen LogP contribution in [0.3, 0.4) is 0 Å². The summed E-state index contributed by atoms with van der Waals surface area (Å²) in [5.74, 6) is 0. The van der Waals surface area contributed by atoms with Crippen molar-refractivity contribution in [2.45, 2.75) is 82.3 Å². The average molecular weight is 683 g/mol. The monoisotopic (exact) mass is 682 g/mol. The second-order valence-electron chi connectivity index (χ2n) is 16.3. The van der Waals surface area contributed by atoms with Gasteiger partial charge in [0.1, 0.15) is 15.2 Å². The summed E-state index contributed by atoms with van der Waals surface area (Å²) in [6.45, 7) is 28.8. The Bertz CT molecular complexity index is 2240. The molecular formula is C48H50Si2. The lowest BCUT2D eigenvalue weighted by Crippen LogP contribution is -2.81. The Morgan fingerprint density at radius 1 is 0.320 bits per heavy atom. The van der Waals surface area contributed by atoms with E-state index in [1.54, 1.807) is 20.7 Å². The second kappa shape index (κ2) is 11.1. The molecule has 0 bridgehead atoms. The van der Waals surface area contributed by atoms with E-state index in [2.05, 4.69) is 167 Å². The van der Waals surface area contributed by atoms with Crippen LogP contribution in [0.15, 0.2) is 84.9 Å². The van der Waals surface area contributed by atoms with Crippen LogP contribution in [0.1, 0.15) is 55.6 Å². The van der Waals surface area contributed by atoms with Crippen LogP contribution < -0.4 is 20.7 Å². The third-order valence-electron chi connectivity index (χ3n) is 12.6. The largest absolute Gasteiger partial charge is 0.120 e. The Morgan fingerprint density at radius 2 is 0.560 bits per heavy atom. The van der Waals surface area contributed by atoms with E-state index in [9.17, 15) is 0 Å². The molecule has 0 saturated heterocycles. The van der Waals surface area contributed by atoms with Crippen LogP contribution in [0, 0.1) is 69.2 Å². The topological polar surface area (TPSA) is 0 Å². The zero-order valence-electron chi connectivity index (χ0n) is 32.1. The van der Waals surface area contributed by atoms with Crippen molar-refractivity contribution in [1.29, 1.82) is 0 Å². The maximum Gasteiger partial charge on any atom is 0.120 e. The molecule has 6 aromatic carbocycles. The third kappa shape index (κ3) is 4.28. The van der Waals surface area contributed by atoms with Crippen LogP contribution >= 0.6 is 0 Å². The highest BCUT2D eigenvalue weighted by Gasteiger charge is 2.62. The fraction of sp³-hybridized carbons (Fsp3) is 0.250. The fourth-order valence-electron chi connectivity index (χ4n) is 11.0. The van der Waals surface area contributed by atoms with E-state index in [4.69, 9.17) is 0 Å². The first-order valence-corrected chi connectivity index (χ1v) is 24.4. The van der Waals surface area contributed by atoms with E-state index >= 15 is 0 Å². The van der Waals surface area contributed by atoms with Gasteiger partial charge in [-0.25, -0.2) is 0 Å². The molecule has 0 aliphatic carbocycles. The Morgan fingerprint density at radius 3 is 0.860 bits per heavy atom. The van der Waals surface area contributed by atoms with Gasteiger partial charge in [0.15, 0.2) is 0 Å². The van der Waals surface area contributed by atoms with E-state index in [1.165, 1.54) is 100 Å². The van der Waals surface area contributed by atoms with Crippen molar-refractivity contribution in [1.82, 2.24) is 0 Å². The first-order chi connectivity index (χ1) is 23.7. The summed E-state index contributed by atoms with van der Waals surface area (Å²) in [6.07, 6.45) is 0. The summed E-state index contributed by atoms with van der Waals surface area (Å²) in [5, 5.41) is 6.63. The normalized spacial score (nSPS) is 18.6. The van der Waals surface area contributed by atoms with Crippen molar-refractivity contribution < 1.29 is 0 Å². The molecule has 2 unspecified atom stereocenters. The van der Waals surface area contributed by atoms with Gasteiger partial charge in [0.25, 0.3) is 0 Å². The minimum atomic E-state index is -2.59. The van der Waals surface area contributed by atoms with Crippen molar-refractivity contribution in [3.8, 4) is 44.5 Å². The third-order valence-corrected chi connectivity index (χ3v) is 29.7. The summed E-state index contributed by atoms with van der Waals surface area (Å²) in [4.78, 5) is 0. The molecule has 0 nitrogen and oxygen atoms in total. The second-order valence-corrected chi connectivity index (χ2v) is 28.8. The molecular weight excluding hydrogens is 633 g/mol. The highest BCUT2D eigenvalue weighted by molar-refractivity contribution is 7.61. The van der Waals surface area contributed by atoms with E-state index in [-0.39, 0.29) is 0 Å². The SMILES string of the molecule is Cc1cc(C)c(-c2cccc3c2[Si](C)([Si]2(C)c4cc(C)cc(C)c4-c4cccc(-c5c(C)cc(C)cc5C)c42)c2cc(C)cc(C)c2-3)c(C)c1. The van der Waals surface area contributed by atoms with Gasteiger partial charge in [0, 0.05) is 0 Å². The van der Waals surface area contributed by atoms with Gasteiger partial charge in [-0.15, -0.1) is 0 Å². The number of aryl methyl sites for hydroxylation is 10. The van der Waals surface area contributed by atoms with E-state index in [1.807, 2.05) is 0 Å². The van der Waals surface area contributed by atoms with Gasteiger partial charge in [-0.3, -0.25) is 0 Å². The lowest BCUT2D eigenvalue weighted by molar-refractivity contribution is 1.32. The summed E-state index contributed by atoms with van der Waals surface area (Å²) < 4.78 is 0. The Hall–Kier alpha value is -4.25. The van der Waals surface area contributed by atoms with Crippen LogP contribution in [0.4, 0.5) is 0 Å². The maximum atomic E-state index is 2.80. The summed E-state index contributed by atoms with van der Waals surface area (Å²) >= 11 is 0. The number of hydrogen-bond donors (Lipinski definition) is 0. The molecule has 2 aliphatic heterocycles. The fourth-order valence-corrected chi connectivity index (χ4v) is 28.3. The predicted octanol–water partition coefficient (Wildman–Crippen LogP) is 10.2. The number of rotatable bonds is 3. The van der Waals surface area contributed by atoms with Gasteiger partial charge in [-0.05, 0) is 168 Å². The van der Waals surface area contributed by atoms with Gasteiger partial charge in [-0.1, -0.05) is 120 Å². The summed E-state index contributed by atoms with van der Waals surface area (Å²) in [6, 6.07) is 34.2. The highest BCUT2D eigenvalue weighted by atomic mass is 29.3. The van der Waals surface area contributed by atoms with Crippen molar-refractivity contribution in [2.75, 3.05) is 0 Å². The molecule has 6 aromatic rings.